The zero-order chi connectivity index (χ0) is 11.8. The van der Waals surface area contributed by atoms with Crippen LogP contribution in [-0.4, -0.2) is 50.8 Å². The molecule has 1 saturated heterocycles. The van der Waals surface area contributed by atoms with Crippen LogP contribution >= 0.6 is 0 Å². The Bertz CT molecular complexity index is 171. The zero-order valence-electron chi connectivity index (χ0n) is 11.2. The zero-order valence-corrected chi connectivity index (χ0v) is 11.2. The van der Waals surface area contributed by atoms with Crippen LogP contribution < -0.4 is 5.32 Å². The van der Waals surface area contributed by atoms with E-state index in [2.05, 4.69) is 24.1 Å². The highest BCUT2D eigenvalue weighted by molar-refractivity contribution is 4.76. The third kappa shape index (κ3) is 4.81. The molecular formula is C13H28N2O. The summed E-state index contributed by atoms with van der Waals surface area (Å²) >= 11 is 0. The summed E-state index contributed by atoms with van der Waals surface area (Å²) in [4.78, 5) is 2.55. The summed E-state index contributed by atoms with van der Waals surface area (Å²) in [5.74, 6) is 0.762. The van der Waals surface area contributed by atoms with E-state index in [0.717, 1.165) is 19.1 Å². The number of rotatable bonds is 8. The quantitative estimate of drug-likeness (QED) is 0.685. The number of hydrogen-bond acceptors (Lipinski definition) is 3. The van der Waals surface area contributed by atoms with Crippen molar-refractivity contribution < 1.29 is 4.74 Å². The van der Waals surface area contributed by atoms with Gasteiger partial charge < -0.3 is 15.0 Å². The second-order valence-electron chi connectivity index (χ2n) is 4.88. The van der Waals surface area contributed by atoms with Crippen LogP contribution in [0.25, 0.3) is 0 Å². The van der Waals surface area contributed by atoms with Gasteiger partial charge in [0.2, 0.25) is 0 Å². The van der Waals surface area contributed by atoms with Crippen molar-refractivity contribution in [1.82, 2.24) is 10.2 Å². The van der Waals surface area contributed by atoms with Gasteiger partial charge in [-0.3, -0.25) is 0 Å². The molecule has 16 heavy (non-hydrogen) atoms. The molecule has 1 atom stereocenters. The van der Waals surface area contributed by atoms with Gasteiger partial charge in [0.25, 0.3) is 0 Å². The van der Waals surface area contributed by atoms with Crippen molar-refractivity contribution in [2.45, 2.75) is 39.2 Å². The second-order valence-corrected chi connectivity index (χ2v) is 4.88. The summed E-state index contributed by atoms with van der Waals surface area (Å²) in [7, 11) is 1.80. The third-order valence-corrected chi connectivity index (χ3v) is 3.62. The fourth-order valence-electron chi connectivity index (χ4n) is 2.49. The van der Waals surface area contributed by atoms with Gasteiger partial charge in [-0.05, 0) is 31.7 Å². The SMILES string of the molecule is CCC(CC)NCCN1CCC(COC)C1. The average molecular weight is 228 g/mol. The largest absolute Gasteiger partial charge is 0.384 e. The van der Waals surface area contributed by atoms with E-state index < -0.39 is 0 Å². The van der Waals surface area contributed by atoms with E-state index in [-0.39, 0.29) is 0 Å². The molecule has 1 aliphatic heterocycles. The summed E-state index contributed by atoms with van der Waals surface area (Å²) in [6.07, 6.45) is 3.78. The maximum Gasteiger partial charge on any atom is 0.0503 e. The van der Waals surface area contributed by atoms with Crippen LogP contribution in [0.4, 0.5) is 0 Å². The monoisotopic (exact) mass is 228 g/mol. The van der Waals surface area contributed by atoms with Crippen molar-refractivity contribution in [2.24, 2.45) is 5.92 Å². The summed E-state index contributed by atoms with van der Waals surface area (Å²) in [5, 5.41) is 3.62. The Morgan fingerprint density at radius 3 is 2.75 bits per heavy atom. The summed E-state index contributed by atoms with van der Waals surface area (Å²) in [6.45, 7) is 10.2. The second kappa shape index (κ2) is 8.04. The molecule has 0 aliphatic carbocycles. The van der Waals surface area contributed by atoms with Crippen LogP contribution in [0.2, 0.25) is 0 Å². The van der Waals surface area contributed by atoms with E-state index in [1.165, 1.54) is 38.9 Å². The summed E-state index contributed by atoms with van der Waals surface area (Å²) < 4.78 is 5.21. The lowest BCUT2D eigenvalue weighted by Gasteiger charge is -2.19. The molecule has 1 unspecified atom stereocenters. The average Bonchev–Trinajstić information content (AvgIpc) is 2.73. The van der Waals surface area contributed by atoms with Gasteiger partial charge in [-0.1, -0.05) is 13.8 Å². The Morgan fingerprint density at radius 2 is 2.12 bits per heavy atom. The maximum atomic E-state index is 5.21. The molecule has 3 heteroatoms. The molecule has 1 fully saturated rings. The van der Waals surface area contributed by atoms with Gasteiger partial charge in [0.15, 0.2) is 0 Å². The van der Waals surface area contributed by atoms with E-state index in [9.17, 15) is 0 Å². The Labute approximate surface area is 101 Å². The molecule has 1 rings (SSSR count). The number of nitrogens with zero attached hydrogens (tertiary/aromatic N) is 1. The van der Waals surface area contributed by atoms with Crippen molar-refractivity contribution >= 4 is 0 Å². The van der Waals surface area contributed by atoms with E-state index in [4.69, 9.17) is 4.74 Å². The van der Waals surface area contributed by atoms with Crippen molar-refractivity contribution in [3.8, 4) is 0 Å². The highest BCUT2D eigenvalue weighted by Crippen LogP contribution is 2.15. The molecule has 0 aromatic heterocycles. The van der Waals surface area contributed by atoms with Gasteiger partial charge in [-0.2, -0.15) is 0 Å². The van der Waals surface area contributed by atoms with Crippen LogP contribution in [0.1, 0.15) is 33.1 Å². The van der Waals surface area contributed by atoms with Crippen molar-refractivity contribution in [3.05, 3.63) is 0 Å². The molecule has 0 spiro atoms. The lowest BCUT2D eigenvalue weighted by molar-refractivity contribution is 0.153. The molecule has 0 saturated carbocycles. The maximum absolute atomic E-state index is 5.21. The normalized spacial score (nSPS) is 22.1. The van der Waals surface area contributed by atoms with Crippen LogP contribution in [-0.2, 0) is 4.74 Å². The van der Waals surface area contributed by atoms with Crippen molar-refractivity contribution in [2.75, 3.05) is 39.9 Å². The first-order valence-electron chi connectivity index (χ1n) is 6.74. The van der Waals surface area contributed by atoms with E-state index in [1.807, 2.05) is 0 Å². The van der Waals surface area contributed by atoms with Crippen molar-refractivity contribution in [1.29, 1.82) is 0 Å². The lowest BCUT2D eigenvalue weighted by Crippen LogP contribution is -2.36. The first kappa shape index (κ1) is 13.9. The first-order chi connectivity index (χ1) is 7.80. The number of ether oxygens (including phenoxy) is 1. The van der Waals surface area contributed by atoms with Gasteiger partial charge in [0, 0.05) is 32.8 Å². The molecule has 0 aromatic carbocycles. The Hall–Kier alpha value is -0.120. The number of likely N-dealkylation sites (tertiary alicyclic amines) is 1. The minimum atomic E-state index is 0.706. The van der Waals surface area contributed by atoms with Crippen LogP contribution in [0, 0.1) is 5.92 Å². The van der Waals surface area contributed by atoms with Crippen LogP contribution in [0.3, 0.4) is 0 Å². The van der Waals surface area contributed by atoms with Crippen molar-refractivity contribution in [3.63, 3.8) is 0 Å². The van der Waals surface area contributed by atoms with Gasteiger partial charge >= 0.3 is 0 Å². The van der Waals surface area contributed by atoms with Gasteiger partial charge in [0.1, 0.15) is 0 Å². The predicted molar refractivity (Wildman–Crippen MR) is 68.8 cm³/mol. The Morgan fingerprint density at radius 1 is 1.38 bits per heavy atom. The fraction of sp³-hybridized carbons (Fsp3) is 1.00. The summed E-state index contributed by atoms with van der Waals surface area (Å²) in [5.41, 5.74) is 0. The minimum absolute atomic E-state index is 0.706. The smallest absolute Gasteiger partial charge is 0.0503 e. The molecular weight excluding hydrogens is 200 g/mol. The fourth-order valence-corrected chi connectivity index (χ4v) is 2.49. The highest BCUT2D eigenvalue weighted by atomic mass is 16.5. The van der Waals surface area contributed by atoms with E-state index >= 15 is 0 Å². The topological polar surface area (TPSA) is 24.5 Å². The molecule has 0 radical (unpaired) electrons. The molecule has 3 nitrogen and oxygen atoms in total. The van der Waals surface area contributed by atoms with Crippen LogP contribution in [0.15, 0.2) is 0 Å². The molecule has 0 amide bonds. The van der Waals surface area contributed by atoms with Crippen LogP contribution in [0.5, 0.6) is 0 Å². The molecule has 0 aromatic rings. The highest BCUT2D eigenvalue weighted by Gasteiger charge is 2.21. The third-order valence-electron chi connectivity index (χ3n) is 3.62. The number of methoxy groups -OCH3 is 1. The molecule has 1 heterocycles. The molecule has 1 N–H and O–H groups in total. The van der Waals surface area contributed by atoms with E-state index in [0.29, 0.717) is 6.04 Å². The number of nitrogens with one attached hydrogen (secondary N) is 1. The molecule has 96 valence electrons. The minimum Gasteiger partial charge on any atom is -0.384 e. The van der Waals surface area contributed by atoms with Gasteiger partial charge in [-0.15, -0.1) is 0 Å². The predicted octanol–water partition coefficient (Wildman–Crippen LogP) is 1.73. The number of hydrogen-bond donors (Lipinski definition) is 1. The standard InChI is InChI=1S/C13H28N2O/c1-4-13(5-2)14-7-9-15-8-6-12(10-15)11-16-3/h12-14H,4-11H2,1-3H3. The summed E-state index contributed by atoms with van der Waals surface area (Å²) in [6, 6.07) is 0.706. The van der Waals surface area contributed by atoms with Gasteiger partial charge in [0.05, 0.1) is 6.61 Å². The van der Waals surface area contributed by atoms with E-state index in [1.54, 1.807) is 7.11 Å². The Balaban J connectivity index is 2.06. The lowest BCUT2D eigenvalue weighted by atomic mass is 10.1. The molecule has 0 bridgehead atoms. The Kier molecular flexibility index (Phi) is 7.01. The molecule has 1 aliphatic rings. The van der Waals surface area contributed by atoms with Gasteiger partial charge in [-0.25, -0.2) is 0 Å². The first-order valence-corrected chi connectivity index (χ1v) is 6.74.